The van der Waals surface area contributed by atoms with Gasteiger partial charge in [-0.2, -0.15) is 0 Å². The molecule has 0 aliphatic heterocycles. The van der Waals surface area contributed by atoms with Crippen LogP contribution >= 0.6 is 0 Å². The average Bonchev–Trinajstić information content (AvgIpc) is 2.79. The molecule has 0 aromatic heterocycles. The Balaban J connectivity index is 1.64. The minimum atomic E-state index is -0.427. The first-order chi connectivity index (χ1) is 11.8. The number of aliphatic hydroxyl groups is 2. The Bertz CT molecular complexity index is 602. The van der Waals surface area contributed by atoms with Crippen LogP contribution < -0.4 is 5.32 Å². The molecule has 4 aliphatic rings. The second kappa shape index (κ2) is 5.82. The molecule has 3 fully saturated rings. The van der Waals surface area contributed by atoms with Gasteiger partial charge in [-0.3, -0.25) is 4.79 Å². The summed E-state index contributed by atoms with van der Waals surface area (Å²) in [5.41, 5.74) is 1.70. The molecule has 4 aliphatic carbocycles. The largest absolute Gasteiger partial charge is 0.393 e. The van der Waals surface area contributed by atoms with Gasteiger partial charge in [0.1, 0.15) is 0 Å². The van der Waals surface area contributed by atoms with Crippen LogP contribution in [0.25, 0.3) is 0 Å². The van der Waals surface area contributed by atoms with Crippen molar-refractivity contribution in [1.29, 1.82) is 0 Å². The fourth-order valence-corrected chi connectivity index (χ4v) is 7.14. The van der Waals surface area contributed by atoms with Crippen LogP contribution in [-0.4, -0.2) is 34.4 Å². The molecule has 0 bridgehead atoms. The molecular formula is C21H33NO3. The quantitative estimate of drug-likeness (QED) is 0.639. The number of nitrogens with one attached hydrogen (secondary N) is 1. The lowest BCUT2D eigenvalue weighted by Gasteiger charge is -2.57. The molecule has 0 radical (unpaired) electrons. The van der Waals surface area contributed by atoms with Crippen LogP contribution in [0.15, 0.2) is 11.6 Å². The van der Waals surface area contributed by atoms with Crippen LogP contribution in [0.1, 0.15) is 65.7 Å². The first-order valence-electron chi connectivity index (χ1n) is 10.1. The van der Waals surface area contributed by atoms with Crippen LogP contribution in [0, 0.1) is 28.6 Å². The monoisotopic (exact) mass is 347 g/mol. The minimum Gasteiger partial charge on any atom is -0.393 e. The van der Waals surface area contributed by atoms with Crippen molar-refractivity contribution < 1.29 is 15.0 Å². The third-order valence-corrected chi connectivity index (χ3v) is 8.46. The molecule has 25 heavy (non-hydrogen) atoms. The van der Waals surface area contributed by atoms with Crippen LogP contribution in [0.5, 0.6) is 0 Å². The van der Waals surface area contributed by atoms with Gasteiger partial charge in [0.15, 0.2) is 0 Å². The number of hydrogen-bond donors (Lipinski definition) is 3. The highest BCUT2D eigenvalue weighted by atomic mass is 16.3. The molecule has 4 rings (SSSR count). The molecule has 0 heterocycles. The normalized spacial score (nSPS) is 51.8. The highest BCUT2D eigenvalue weighted by Gasteiger charge is 2.61. The Hall–Kier alpha value is -0.870. The molecule has 4 heteroatoms. The molecule has 0 saturated heterocycles. The Kier molecular flexibility index (Phi) is 4.08. The molecule has 1 amide bonds. The first kappa shape index (κ1) is 17.5. The minimum absolute atomic E-state index is 0.00212. The standard InChI is InChI=1S/C21H33NO3/c1-12(23)22-19-18(25)11-17-15-5-4-13-10-14(24)6-8-20(13,2)16(15)7-9-21(17,19)3/h4,14-19,24-25H,5-11H2,1-3H3,(H,22,23). The molecule has 0 aromatic carbocycles. The predicted octanol–water partition coefficient (Wildman–Crippen LogP) is 2.79. The van der Waals surface area contributed by atoms with Crippen molar-refractivity contribution in [2.24, 2.45) is 28.6 Å². The first-order valence-corrected chi connectivity index (χ1v) is 10.1. The van der Waals surface area contributed by atoms with E-state index in [1.54, 1.807) is 6.92 Å². The van der Waals surface area contributed by atoms with Gasteiger partial charge in [-0.15, -0.1) is 0 Å². The third kappa shape index (κ3) is 2.51. The maximum atomic E-state index is 11.7. The highest BCUT2D eigenvalue weighted by molar-refractivity contribution is 5.73. The Morgan fingerprint density at radius 3 is 2.68 bits per heavy atom. The van der Waals surface area contributed by atoms with E-state index in [2.05, 4.69) is 25.2 Å². The summed E-state index contributed by atoms with van der Waals surface area (Å²) in [5, 5.41) is 23.8. The Labute approximate surface area is 151 Å². The number of fused-ring (bicyclic) bond motifs is 5. The predicted molar refractivity (Wildman–Crippen MR) is 96.7 cm³/mol. The van der Waals surface area contributed by atoms with Crippen molar-refractivity contribution in [3.05, 3.63) is 11.6 Å². The van der Waals surface area contributed by atoms with E-state index in [0.717, 1.165) is 38.5 Å². The number of allylic oxidation sites excluding steroid dienone is 1. The topological polar surface area (TPSA) is 69.6 Å². The van der Waals surface area contributed by atoms with Gasteiger partial charge in [0.2, 0.25) is 5.91 Å². The zero-order valence-electron chi connectivity index (χ0n) is 15.8. The maximum Gasteiger partial charge on any atom is 0.217 e. The Morgan fingerprint density at radius 1 is 1.20 bits per heavy atom. The molecule has 140 valence electrons. The van der Waals surface area contributed by atoms with E-state index < -0.39 is 6.10 Å². The molecule has 0 aromatic rings. The van der Waals surface area contributed by atoms with Gasteiger partial charge in [0, 0.05) is 6.92 Å². The SMILES string of the molecule is CC(=O)NC1C(O)CC2C3CC=C4CC(O)CCC4(C)C3CCC21C. The van der Waals surface area contributed by atoms with Crippen molar-refractivity contribution in [3.63, 3.8) is 0 Å². The number of rotatable bonds is 1. The zero-order chi connectivity index (χ0) is 18.0. The smallest absolute Gasteiger partial charge is 0.217 e. The Morgan fingerprint density at radius 2 is 1.96 bits per heavy atom. The molecule has 0 spiro atoms. The zero-order valence-corrected chi connectivity index (χ0v) is 15.8. The summed E-state index contributed by atoms with van der Waals surface area (Å²) in [5.74, 6) is 1.68. The fraction of sp³-hybridized carbons (Fsp3) is 0.857. The van der Waals surface area contributed by atoms with Crippen LogP contribution in [0.4, 0.5) is 0 Å². The van der Waals surface area contributed by atoms with E-state index in [1.807, 2.05) is 0 Å². The van der Waals surface area contributed by atoms with Crippen molar-refractivity contribution in [1.82, 2.24) is 5.32 Å². The van der Waals surface area contributed by atoms with Crippen LogP contribution in [-0.2, 0) is 4.79 Å². The highest BCUT2D eigenvalue weighted by Crippen LogP contribution is 2.64. The van der Waals surface area contributed by atoms with Gasteiger partial charge in [0.05, 0.1) is 18.2 Å². The maximum absolute atomic E-state index is 11.7. The van der Waals surface area contributed by atoms with E-state index in [-0.39, 0.29) is 28.9 Å². The van der Waals surface area contributed by atoms with E-state index >= 15 is 0 Å². The summed E-state index contributed by atoms with van der Waals surface area (Å²) in [6.07, 6.45) is 8.79. The summed E-state index contributed by atoms with van der Waals surface area (Å²) < 4.78 is 0. The van der Waals surface area contributed by atoms with Crippen molar-refractivity contribution in [3.8, 4) is 0 Å². The average molecular weight is 347 g/mol. The van der Waals surface area contributed by atoms with Gasteiger partial charge in [-0.25, -0.2) is 0 Å². The molecule has 8 atom stereocenters. The molecule has 4 nitrogen and oxygen atoms in total. The van der Waals surface area contributed by atoms with Crippen LogP contribution in [0.2, 0.25) is 0 Å². The summed E-state index contributed by atoms with van der Waals surface area (Å²) in [4.78, 5) is 11.7. The van der Waals surface area contributed by atoms with Gasteiger partial charge < -0.3 is 15.5 Å². The fourth-order valence-electron chi connectivity index (χ4n) is 7.14. The number of carbonyl (C=O) groups excluding carboxylic acids is 1. The number of hydrogen-bond acceptors (Lipinski definition) is 3. The van der Waals surface area contributed by atoms with Gasteiger partial charge in [-0.1, -0.05) is 25.5 Å². The van der Waals surface area contributed by atoms with E-state index in [0.29, 0.717) is 17.8 Å². The second-order valence-electron chi connectivity index (χ2n) is 9.68. The van der Waals surface area contributed by atoms with Crippen molar-refractivity contribution in [2.75, 3.05) is 0 Å². The molecule has 3 saturated carbocycles. The third-order valence-electron chi connectivity index (χ3n) is 8.46. The number of carbonyl (C=O) groups is 1. The lowest BCUT2D eigenvalue weighted by atomic mass is 9.48. The summed E-state index contributed by atoms with van der Waals surface area (Å²) in [6, 6.07) is -0.109. The molecule has 3 N–H and O–H groups in total. The number of amides is 1. The number of aliphatic hydroxyl groups excluding tert-OH is 2. The lowest BCUT2D eigenvalue weighted by Crippen LogP contribution is -2.55. The summed E-state index contributed by atoms with van der Waals surface area (Å²) in [7, 11) is 0. The molecule has 8 unspecified atom stereocenters. The van der Waals surface area contributed by atoms with E-state index in [1.165, 1.54) is 12.0 Å². The van der Waals surface area contributed by atoms with Gasteiger partial charge in [0.25, 0.3) is 0 Å². The van der Waals surface area contributed by atoms with E-state index in [4.69, 9.17) is 0 Å². The second-order valence-corrected chi connectivity index (χ2v) is 9.68. The van der Waals surface area contributed by atoms with Crippen molar-refractivity contribution in [2.45, 2.75) is 84.0 Å². The molecular weight excluding hydrogens is 314 g/mol. The van der Waals surface area contributed by atoms with E-state index in [9.17, 15) is 15.0 Å². The summed E-state index contributed by atoms with van der Waals surface area (Å²) >= 11 is 0. The summed E-state index contributed by atoms with van der Waals surface area (Å²) in [6.45, 7) is 6.26. The lowest BCUT2D eigenvalue weighted by molar-refractivity contribution is -0.122. The van der Waals surface area contributed by atoms with Gasteiger partial charge >= 0.3 is 0 Å². The van der Waals surface area contributed by atoms with Crippen molar-refractivity contribution >= 4 is 5.91 Å². The van der Waals surface area contributed by atoms with Gasteiger partial charge in [-0.05, 0) is 73.5 Å². The van der Waals surface area contributed by atoms with Crippen LogP contribution in [0.3, 0.4) is 0 Å².